The van der Waals surface area contributed by atoms with Crippen molar-refractivity contribution in [3.8, 4) is 0 Å². The third-order valence-corrected chi connectivity index (χ3v) is 7.59. The van der Waals surface area contributed by atoms with Gasteiger partial charge in [0, 0.05) is 0 Å². The first kappa shape index (κ1) is 15.7. The quantitative estimate of drug-likeness (QED) is 0.433. The van der Waals surface area contributed by atoms with Gasteiger partial charge in [0.2, 0.25) is 0 Å². The van der Waals surface area contributed by atoms with Crippen LogP contribution in [0.1, 0.15) is 13.8 Å². The van der Waals surface area contributed by atoms with E-state index in [0.717, 1.165) is 6.61 Å². The van der Waals surface area contributed by atoms with Gasteiger partial charge in [-0.15, -0.1) is 6.58 Å². The van der Waals surface area contributed by atoms with Gasteiger partial charge in [0.15, 0.2) is 0 Å². The van der Waals surface area contributed by atoms with Gasteiger partial charge in [-0.05, 0) is 5.04 Å². The van der Waals surface area contributed by atoms with Crippen LogP contribution < -0.4 is 10.4 Å². The first-order valence-corrected chi connectivity index (χ1v) is 9.17. The van der Waals surface area contributed by atoms with E-state index in [1.807, 2.05) is 6.08 Å². The summed E-state index contributed by atoms with van der Waals surface area (Å²) in [6.07, 6.45) is 1.82. The Hall–Kier alpha value is -1.64. The topological polar surface area (TPSA) is 9.23 Å². The lowest BCUT2D eigenvalue weighted by Crippen LogP contribution is -2.51. The van der Waals surface area contributed by atoms with Gasteiger partial charge >= 0.3 is 0 Å². The maximum Gasteiger partial charge on any atom is 0.110 e. The third kappa shape index (κ3) is 4.16. The average molecular weight is 296 g/mol. The van der Waals surface area contributed by atoms with Crippen molar-refractivity contribution >= 4 is 19.2 Å². The Kier molecular flexibility index (Phi) is 5.54. The summed E-state index contributed by atoms with van der Waals surface area (Å²) < 4.78 is 5.79. The molecule has 2 aromatic rings. The molecule has 0 spiro atoms. The third-order valence-electron chi connectivity index (χ3n) is 3.76. The summed E-state index contributed by atoms with van der Waals surface area (Å²) >= 11 is 0. The Labute approximate surface area is 129 Å². The van der Waals surface area contributed by atoms with E-state index in [9.17, 15) is 0 Å². The molecule has 0 heterocycles. The Morgan fingerprint density at radius 3 is 1.86 bits per heavy atom. The molecule has 0 bridgehead atoms. The molecular weight excluding hydrogens is 272 g/mol. The van der Waals surface area contributed by atoms with Crippen LogP contribution in [0.4, 0.5) is 0 Å². The van der Waals surface area contributed by atoms with E-state index in [0.29, 0.717) is 6.61 Å². The van der Waals surface area contributed by atoms with Crippen LogP contribution in [0.3, 0.4) is 0 Å². The fourth-order valence-corrected chi connectivity index (χ4v) is 6.56. The van der Waals surface area contributed by atoms with E-state index in [2.05, 4.69) is 81.1 Å². The van der Waals surface area contributed by atoms with Gasteiger partial charge in [-0.1, -0.05) is 91.0 Å². The molecule has 0 radical (unpaired) electrons. The number of hydrogen-bond acceptors (Lipinski definition) is 1. The molecule has 0 aromatic heterocycles. The monoisotopic (exact) mass is 296 g/mol. The van der Waals surface area contributed by atoms with Gasteiger partial charge in [-0.2, -0.15) is 0 Å². The molecule has 0 saturated heterocycles. The summed E-state index contributed by atoms with van der Waals surface area (Å²) in [7, 11) is -1.36. The van der Waals surface area contributed by atoms with Crippen LogP contribution in [-0.2, 0) is 4.74 Å². The highest BCUT2D eigenvalue weighted by molar-refractivity contribution is 6.87. The fraction of sp³-hybridized carbons (Fsp3) is 0.263. The first-order chi connectivity index (χ1) is 10.1. The second-order valence-electron chi connectivity index (χ2n) is 6.05. The van der Waals surface area contributed by atoms with Gasteiger partial charge in [0.25, 0.3) is 0 Å². The van der Waals surface area contributed by atoms with Gasteiger partial charge in [-0.25, -0.2) is 0 Å². The number of ether oxygens (including phenoxy) is 1. The standard InChI is InChI=1S/C19H24OSi/c1-4-15-20-16-19(2,3)21(17-11-7-5-8-12-17)18-13-9-6-10-14-18/h4-14,21H,1,15-16H2,2-3H3. The van der Waals surface area contributed by atoms with Crippen LogP contribution in [0.2, 0.25) is 5.04 Å². The molecule has 0 atom stereocenters. The largest absolute Gasteiger partial charge is 0.377 e. The van der Waals surface area contributed by atoms with Gasteiger partial charge < -0.3 is 4.74 Å². The molecule has 110 valence electrons. The molecule has 21 heavy (non-hydrogen) atoms. The lowest BCUT2D eigenvalue weighted by atomic mass is 10.2. The molecule has 2 heteroatoms. The molecule has 2 aromatic carbocycles. The highest BCUT2D eigenvalue weighted by atomic mass is 28.3. The molecule has 0 fully saturated rings. The minimum Gasteiger partial charge on any atom is -0.377 e. The van der Waals surface area contributed by atoms with Crippen molar-refractivity contribution in [2.75, 3.05) is 13.2 Å². The summed E-state index contributed by atoms with van der Waals surface area (Å²) in [5.41, 5.74) is 0. The van der Waals surface area contributed by atoms with Crippen molar-refractivity contribution < 1.29 is 4.74 Å². The van der Waals surface area contributed by atoms with Gasteiger partial charge in [-0.3, -0.25) is 0 Å². The lowest BCUT2D eigenvalue weighted by molar-refractivity contribution is 0.139. The summed E-state index contributed by atoms with van der Waals surface area (Å²) in [6, 6.07) is 21.8. The van der Waals surface area contributed by atoms with E-state index >= 15 is 0 Å². The Balaban J connectivity index is 2.34. The zero-order chi connectivity index (χ0) is 15.1. The number of hydrogen-bond donors (Lipinski definition) is 0. The van der Waals surface area contributed by atoms with Crippen LogP contribution in [0.5, 0.6) is 0 Å². The number of rotatable bonds is 7. The first-order valence-electron chi connectivity index (χ1n) is 7.43. The lowest BCUT2D eigenvalue weighted by Gasteiger charge is -2.33. The molecule has 2 rings (SSSR count). The minimum absolute atomic E-state index is 0.145. The van der Waals surface area contributed by atoms with E-state index < -0.39 is 8.80 Å². The maximum atomic E-state index is 5.79. The average Bonchev–Trinajstić information content (AvgIpc) is 2.49. The second-order valence-corrected chi connectivity index (χ2v) is 9.81. The van der Waals surface area contributed by atoms with Crippen molar-refractivity contribution in [2.45, 2.75) is 18.9 Å². The molecule has 0 aliphatic rings. The van der Waals surface area contributed by atoms with E-state index in [-0.39, 0.29) is 5.04 Å². The molecule has 0 aliphatic heterocycles. The summed E-state index contributed by atoms with van der Waals surface area (Å²) in [5.74, 6) is 0. The Morgan fingerprint density at radius 1 is 0.952 bits per heavy atom. The van der Waals surface area contributed by atoms with Gasteiger partial charge in [0.1, 0.15) is 8.80 Å². The smallest absolute Gasteiger partial charge is 0.110 e. The summed E-state index contributed by atoms with van der Waals surface area (Å²) in [4.78, 5) is 0. The highest BCUT2D eigenvalue weighted by Gasteiger charge is 2.33. The summed E-state index contributed by atoms with van der Waals surface area (Å²) in [6.45, 7) is 9.76. The summed E-state index contributed by atoms with van der Waals surface area (Å²) in [5, 5.41) is 3.08. The molecule has 0 saturated carbocycles. The van der Waals surface area contributed by atoms with E-state index in [4.69, 9.17) is 4.74 Å². The molecule has 0 aliphatic carbocycles. The zero-order valence-corrected chi connectivity index (χ0v) is 14.1. The zero-order valence-electron chi connectivity index (χ0n) is 13.0. The van der Waals surface area contributed by atoms with E-state index in [1.54, 1.807) is 0 Å². The normalized spacial score (nSPS) is 11.6. The van der Waals surface area contributed by atoms with Crippen LogP contribution >= 0.6 is 0 Å². The SMILES string of the molecule is C=CCOCC(C)(C)[SiH](c1ccccc1)c1ccccc1. The Morgan fingerprint density at radius 2 is 1.43 bits per heavy atom. The maximum absolute atomic E-state index is 5.79. The van der Waals surface area contributed by atoms with Crippen molar-refractivity contribution in [1.82, 2.24) is 0 Å². The van der Waals surface area contributed by atoms with Crippen LogP contribution in [0, 0.1) is 0 Å². The van der Waals surface area contributed by atoms with Crippen molar-refractivity contribution in [3.63, 3.8) is 0 Å². The molecule has 0 N–H and O–H groups in total. The van der Waals surface area contributed by atoms with Crippen molar-refractivity contribution in [1.29, 1.82) is 0 Å². The molecule has 1 nitrogen and oxygen atoms in total. The number of benzene rings is 2. The van der Waals surface area contributed by atoms with Gasteiger partial charge in [0.05, 0.1) is 13.2 Å². The molecule has 0 amide bonds. The van der Waals surface area contributed by atoms with Crippen molar-refractivity contribution in [2.24, 2.45) is 0 Å². The molecular formula is C19H24OSi. The predicted molar refractivity (Wildman–Crippen MR) is 94.4 cm³/mol. The highest BCUT2D eigenvalue weighted by Crippen LogP contribution is 2.28. The van der Waals surface area contributed by atoms with Crippen LogP contribution in [0.25, 0.3) is 0 Å². The van der Waals surface area contributed by atoms with Crippen molar-refractivity contribution in [3.05, 3.63) is 73.3 Å². The minimum atomic E-state index is -1.36. The second kappa shape index (κ2) is 7.39. The van der Waals surface area contributed by atoms with E-state index in [1.165, 1.54) is 10.4 Å². The van der Waals surface area contributed by atoms with Crippen LogP contribution in [-0.4, -0.2) is 22.0 Å². The Bertz CT molecular complexity index is 509. The molecule has 0 unspecified atom stereocenters. The predicted octanol–water partition coefficient (Wildman–Crippen LogP) is 3.01. The van der Waals surface area contributed by atoms with Crippen LogP contribution in [0.15, 0.2) is 73.3 Å². The fourth-order valence-electron chi connectivity index (χ4n) is 2.87.